The molecular weight excluding hydrogens is 596 g/mol. The minimum atomic E-state index is -0.501. The first kappa shape index (κ1) is 34.8. The van der Waals surface area contributed by atoms with E-state index in [2.05, 4.69) is 111 Å². The number of carbonyl (C=O) groups is 2. The largest absolute Gasteiger partial charge is 0.464 e. The van der Waals surface area contributed by atoms with Crippen molar-refractivity contribution < 1.29 is 19.1 Å². The average molecular weight is 633 g/mol. The van der Waals surface area contributed by atoms with E-state index in [1.807, 2.05) is 24.3 Å². The van der Waals surface area contributed by atoms with E-state index in [9.17, 15) is 9.59 Å². The average Bonchev–Trinajstić information content (AvgIpc) is 3.07. The Balaban J connectivity index is 1.69. The number of rotatable bonds is 2. The van der Waals surface area contributed by atoms with E-state index in [-0.39, 0.29) is 22.2 Å². The number of ether oxygens (including phenoxy) is 2. The van der Waals surface area contributed by atoms with Crippen LogP contribution < -0.4 is 0 Å². The second-order valence-corrected chi connectivity index (χ2v) is 12.9. The highest BCUT2D eigenvalue weighted by molar-refractivity contribution is 5.87. The van der Waals surface area contributed by atoms with Crippen LogP contribution in [0.5, 0.6) is 0 Å². The summed E-state index contributed by atoms with van der Waals surface area (Å²) < 4.78 is 9.45. The number of esters is 2. The molecule has 2 heterocycles. The molecule has 0 aliphatic carbocycles. The molecule has 0 aliphatic rings. The molecule has 2 aromatic carbocycles. The van der Waals surface area contributed by atoms with Gasteiger partial charge in [0.25, 0.3) is 0 Å². The van der Waals surface area contributed by atoms with Crippen molar-refractivity contribution in [2.45, 2.75) is 52.4 Å². The molecule has 0 saturated heterocycles. The van der Waals surface area contributed by atoms with Crippen molar-refractivity contribution in [1.29, 1.82) is 0 Å². The number of hydrogen-bond acceptors (Lipinski definition) is 6. The number of nitrogens with zero attached hydrogens (tertiary/aromatic N) is 2. The first-order valence-electron chi connectivity index (χ1n) is 15.2. The third-order valence-corrected chi connectivity index (χ3v) is 7.23. The molecule has 0 bridgehead atoms. The summed E-state index contributed by atoms with van der Waals surface area (Å²) in [6, 6.07) is 18.8. The zero-order chi connectivity index (χ0) is 34.9. The van der Waals surface area contributed by atoms with Crippen molar-refractivity contribution in [3.05, 3.63) is 129 Å². The zero-order valence-corrected chi connectivity index (χ0v) is 28.5. The zero-order valence-electron chi connectivity index (χ0n) is 28.5. The summed E-state index contributed by atoms with van der Waals surface area (Å²) in [6.45, 7) is 12.9. The van der Waals surface area contributed by atoms with Crippen LogP contribution in [0.2, 0.25) is 0 Å². The fourth-order valence-corrected chi connectivity index (χ4v) is 4.31. The maximum absolute atomic E-state index is 11.7. The van der Waals surface area contributed by atoms with E-state index >= 15 is 0 Å². The van der Waals surface area contributed by atoms with Gasteiger partial charge in [-0.2, -0.15) is 0 Å². The summed E-state index contributed by atoms with van der Waals surface area (Å²) in [6.07, 6.45) is 3.09. The van der Waals surface area contributed by atoms with Crippen LogP contribution in [0.25, 0.3) is 0 Å². The Bertz CT molecular complexity index is 1950. The highest BCUT2D eigenvalue weighted by Crippen LogP contribution is 2.25. The van der Waals surface area contributed by atoms with Crippen LogP contribution in [-0.4, -0.2) is 36.1 Å². The van der Waals surface area contributed by atoms with Crippen LogP contribution >= 0.6 is 0 Å². The molecule has 0 saturated carbocycles. The van der Waals surface area contributed by atoms with Gasteiger partial charge in [0, 0.05) is 45.8 Å². The number of aromatic nitrogens is 2. The Hall–Kier alpha value is -6.08. The molecule has 0 amide bonds. The molecule has 0 unspecified atom stereocenters. The lowest BCUT2D eigenvalue weighted by Gasteiger charge is -2.19. The smallest absolute Gasteiger partial charge is 0.356 e. The van der Waals surface area contributed by atoms with Gasteiger partial charge >= 0.3 is 11.9 Å². The van der Waals surface area contributed by atoms with Gasteiger partial charge < -0.3 is 9.47 Å². The van der Waals surface area contributed by atoms with Gasteiger partial charge in [0.15, 0.2) is 0 Å². The summed E-state index contributed by atoms with van der Waals surface area (Å²) >= 11 is 0. The van der Waals surface area contributed by atoms with E-state index in [1.54, 1.807) is 36.7 Å². The van der Waals surface area contributed by atoms with Crippen molar-refractivity contribution in [3.8, 4) is 47.4 Å². The maximum atomic E-state index is 11.7. The van der Waals surface area contributed by atoms with Crippen LogP contribution in [-0.2, 0) is 20.3 Å². The van der Waals surface area contributed by atoms with Gasteiger partial charge in [-0.15, -0.1) is 0 Å². The van der Waals surface area contributed by atoms with Gasteiger partial charge in [0.1, 0.15) is 11.4 Å². The van der Waals surface area contributed by atoms with E-state index < -0.39 is 11.9 Å². The summed E-state index contributed by atoms with van der Waals surface area (Å²) in [5.74, 6) is 24.1. The standard InChI is InChI=1S/C42H36N2O4/c1-41(2,3)35-21-19-31(33(25-35)17-13-29-15-23-37(43-27-29)39(45)47-7)11-9-10-12-32-20-22-36(42(4,5)6)26-34(32)18-14-30-16-24-38(44-28-30)40(46)48-8/h15-16,19-28H,1-8H3. The normalized spacial score (nSPS) is 10.4. The van der Waals surface area contributed by atoms with Crippen molar-refractivity contribution in [2.24, 2.45) is 0 Å². The third kappa shape index (κ3) is 9.23. The monoisotopic (exact) mass is 632 g/mol. The van der Waals surface area contributed by atoms with Crippen molar-refractivity contribution >= 4 is 11.9 Å². The number of benzene rings is 2. The topological polar surface area (TPSA) is 78.4 Å². The van der Waals surface area contributed by atoms with Gasteiger partial charge in [0.2, 0.25) is 0 Å². The summed E-state index contributed by atoms with van der Waals surface area (Å²) in [4.78, 5) is 31.8. The molecule has 0 atom stereocenters. The highest BCUT2D eigenvalue weighted by Gasteiger charge is 2.16. The summed E-state index contributed by atoms with van der Waals surface area (Å²) in [7, 11) is 2.63. The molecule has 0 N–H and O–H groups in total. The van der Waals surface area contributed by atoms with Crippen LogP contribution in [0.15, 0.2) is 73.1 Å². The van der Waals surface area contributed by atoms with Gasteiger partial charge in [0.05, 0.1) is 14.2 Å². The lowest BCUT2D eigenvalue weighted by molar-refractivity contribution is 0.0585. The maximum Gasteiger partial charge on any atom is 0.356 e. The predicted molar refractivity (Wildman–Crippen MR) is 187 cm³/mol. The Labute approximate surface area is 283 Å². The molecule has 6 heteroatoms. The molecule has 4 rings (SSSR count). The lowest BCUT2D eigenvalue weighted by Crippen LogP contribution is -2.11. The van der Waals surface area contributed by atoms with E-state index in [4.69, 9.17) is 9.47 Å². The van der Waals surface area contributed by atoms with Crippen LogP contribution in [0, 0.1) is 47.4 Å². The van der Waals surface area contributed by atoms with Crippen LogP contribution in [0.4, 0.5) is 0 Å². The molecule has 0 radical (unpaired) electrons. The fraction of sp³-hybridized carbons (Fsp3) is 0.238. The Morgan fingerprint density at radius 1 is 0.521 bits per heavy atom. The van der Waals surface area contributed by atoms with Gasteiger partial charge in [-0.25, -0.2) is 19.6 Å². The first-order valence-corrected chi connectivity index (χ1v) is 15.2. The van der Waals surface area contributed by atoms with Crippen molar-refractivity contribution in [3.63, 3.8) is 0 Å². The highest BCUT2D eigenvalue weighted by atomic mass is 16.5. The second-order valence-electron chi connectivity index (χ2n) is 12.9. The quantitative estimate of drug-likeness (QED) is 0.178. The molecule has 0 spiro atoms. The van der Waals surface area contributed by atoms with Gasteiger partial charge in [-0.1, -0.05) is 89.2 Å². The Morgan fingerprint density at radius 3 is 1.23 bits per heavy atom. The molecule has 6 nitrogen and oxygen atoms in total. The summed E-state index contributed by atoms with van der Waals surface area (Å²) in [5.41, 5.74) is 6.86. The molecular formula is C42H36N2O4. The van der Waals surface area contributed by atoms with Crippen LogP contribution in [0.3, 0.4) is 0 Å². The summed E-state index contributed by atoms with van der Waals surface area (Å²) in [5, 5.41) is 0. The molecule has 48 heavy (non-hydrogen) atoms. The number of methoxy groups -OCH3 is 2. The fourth-order valence-electron chi connectivity index (χ4n) is 4.31. The van der Waals surface area contributed by atoms with Gasteiger partial charge in [-0.05, 0) is 82.3 Å². The molecule has 238 valence electrons. The molecule has 0 aliphatic heterocycles. The third-order valence-electron chi connectivity index (χ3n) is 7.23. The van der Waals surface area contributed by atoms with Gasteiger partial charge in [-0.3, -0.25) is 0 Å². The predicted octanol–water partition coefficient (Wildman–Crippen LogP) is 6.85. The number of carbonyl (C=O) groups excluding carboxylic acids is 2. The molecule has 0 fully saturated rings. The van der Waals surface area contributed by atoms with Crippen molar-refractivity contribution in [2.75, 3.05) is 14.2 Å². The minimum Gasteiger partial charge on any atom is -0.464 e. The first-order chi connectivity index (χ1) is 22.8. The molecule has 4 aromatic rings. The minimum absolute atomic E-state index is 0.0813. The van der Waals surface area contributed by atoms with Crippen LogP contribution in [0.1, 0.15) is 107 Å². The van der Waals surface area contributed by atoms with E-state index in [0.29, 0.717) is 11.1 Å². The number of hydrogen-bond donors (Lipinski definition) is 0. The Morgan fingerprint density at radius 2 is 0.917 bits per heavy atom. The lowest BCUT2D eigenvalue weighted by atomic mass is 9.85. The molecule has 2 aromatic heterocycles. The Kier molecular flexibility index (Phi) is 10.9. The van der Waals surface area contributed by atoms with E-state index in [1.165, 1.54) is 14.2 Å². The number of pyridine rings is 2. The second kappa shape index (κ2) is 15.0. The van der Waals surface area contributed by atoms with E-state index in [0.717, 1.165) is 33.4 Å². The van der Waals surface area contributed by atoms with Crippen molar-refractivity contribution in [1.82, 2.24) is 9.97 Å². The SMILES string of the molecule is COC(=O)c1ccc(C#Cc2cc(C(C)(C)C)ccc2C#CC#Cc2ccc(C(C)(C)C)cc2C#Cc2ccc(C(=O)OC)nc2)cn1.